The van der Waals surface area contributed by atoms with Gasteiger partial charge in [-0.05, 0) is 43.7 Å². The van der Waals surface area contributed by atoms with Crippen LogP contribution in [-0.4, -0.2) is 48.3 Å². The zero-order chi connectivity index (χ0) is 24.0. The minimum Gasteiger partial charge on any atom is -0.451 e. The summed E-state index contributed by atoms with van der Waals surface area (Å²) >= 11 is 1.41. The van der Waals surface area contributed by atoms with Crippen LogP contribution in [0.1, 0.15) is 52.7 Å². The number of fused-ring (bicyclic) bond motifs is 1. The quantitative estimate of drug-likeness (QED) is 0.413. The molecular formula is C22H30N4O6S. The molecule has 0 saturated heterocycles. The number of thiophene rings is 1. The zero-order valence-electron chi connectivity index (χ0n) is 19.0. The van der Waals surface area contributed by atoms with Gasteiger partial charge in [0.15, 0.2) is 12.3 Å². The number of carbonyl (C=O) groups is 2. The summed E-state index contributed by atoms with van der Waals surface area (Å²) in [5.74, 6) is -1.34. The molecule has 0 fully saturated rings. The molecule has 0 saturated carbocycles. The standard InChI is InChI=1S/C22H30N4O6S/c1-3-9-26-19(23)18(20(28)24-22(26)30)25(10-11-31-2)17(27)13-32-21(29)16-12-14-7-5-4-6-8-15(14)33-16/h12H,3-11,13,23H2,1-2H3,(H,24,28,30). The molecule has 1 aliphatic rings. The van der Waals surface area contributed by atoms with Crippen molar-refractivity contribution in [3.05, 3.63) is 42.2 Å². The Balaban J connectivity index is 1.79. The van der Waals surface area contributed by atoms with Crippen molar-refractivity contribution in [3.8, 4) is 0 Å². The summed E-state index contributed by atoms with van der Waals surface area (Å²) in [4.78, 5) is 55.2. The molecule has 10 nitrogen and oxygen atoms in total. The number of rotatable bonds is 9. The summed E-state index contributed by atoms with van der Waals surface area (Å²) in [6, 6.07) is 1.85. The van der Waals surface area contributed by atoms with E-state index in [1.807, 2.05) is 13.0 Å². The molecular weight excluding hydrogens is 448 g/mol. The van der Waals surface area contributed by atoms with Crippen molar-refractivity contribution in [3.63, 3.8) is 0 Å². The van der Waals surface area contributed by atoms with E-state index in [0.717, 1.165) is 30.6 Å². The minimum atomic E-state index is -0.789. The normalized spacial score (nSPS) is 13.3. The predicted octanol–water partition coefficient (Wildman–Crippen LogP) is 1.70. The van der Waals surface area contributed by atoms with Crippen LogP contribution in [0.4, 0.5) is 11.5 Å². The van der Waals surface area contributed by atoms with Gasteiger partial charge in [0.2, 0.25) is 0 Å². The van der Waals surface area contributed by atoms with Gasteiger partial charge in [-0.25, -0.2) is 9.59 Å². The largest absolute Gasteiger partial charge is 0.451 e. The van der Waals surface area contributed by atoms with Crippen LogP contribution < -0.4 is 21.9 Å². The van der Waals surface area contributed by atoms with E-state index in [-0.39, 0.29) is 31.2 Å². The number of aryl methyl sites for hydroxylation is 2. The van der Waals surface area contributed by atoms with Crippen LogP contribution in [-0.2, 0) is 33.7 Å². The minimum absolute atomic E-state index is 0.00219. The summed E-state index contributed by atoms with van der Waals surface area (Å²) in [5, 5.41) is 0. The number of hydrogen-bond donors (Lipinski definition) is 2. The lowest BCUT2D eigenvalue weighted by Crippen LogP contribution is -2.44. The number of amides is 1. The predicted molar refractivity (Wildman–Crippen MR) is 126 cm³/mol. The third kappa shape index (κ3) is 5.72. The second-order valence-corrected chi connectivity index (χ2v) is 9.02. The molecule has 2 aromatic rings. The fourth-order valence-electron chi connectivity index (χ4n) is 3.87. The number of nitrogens with zero attached hydrogens (tertiary/aromatic N) is 2. The van der Waals surface area contributed by atoms with E-state index in [2.05, 4.69) is 4.98 Å². The molecule has 1 amide bonds. The van der Waals surface area contributed by atoms with Crippen molar-refractivity contribution >= 4 is 34.7 Å². The fraction of sp³-hybridized carbons (Fsp3) is 0.545. The van der Waals surface area contributed by atoms with Crippen molar-refractivity contribution in [2.75, 3.05) is 37.5 Å². The van der Waals surface area contributed by atoms with Crippen molar-refractivity contribution in [2.24, 2.45) is 0 Å². The number of carbonyl (C=O) groups excluding carboxylic acids is 2. The highest BCUT2D eigenvalue weighted by Crippen LogP contribution is 2.29. The molecule has 0 spiro atoms. The number of hydrogen-bond acceptors (Lipinski definition) is 8. The second-order valence-electron chi connectivity index (χ2n) is 7.88. The van der Waals surface area contributed by atoms with Gasteiger partial charge in [0.25, 0.3) is 11.5 Å². The van der Waals surface area contributed by atoms with E-state index >= 15 is 0 Å². The van der Waals surface area contributed by atoms with Crippen molar-refractivity contribution in [2.45, 2.75) is 52.0 Å². The highest BCUT2D eigenvalue weighted by atomic mass is 32.1. The lowest BCUT2D eigenvalue weighted by Gasteiger charge is -2.24. The molecule has 3 rings (SSSR count). The Kier molecular flexibility index (Phi) is 8.45. The number of H-pyrrole nitrogens is 1. The average molecular weight is 479 g/mol. The molecule has 1 aliphatic carbocycles. The molecule has 3 N–H and O–H groups in total. The number of ether oxygens (including phenoxy) is 2. The van der Waals surface area contributed by atoms with Crippen LogP contribution in [0, 0.1) is 0 Å². The molecule has 0 aromatic carbocycles. The van der Waals surface area contributed by atoms with Gasteiger partial charge in [0, 0.05) is 25.1 Å². The van der Waals surface area contributed by atoms with Crippen LogP contribution in [0.15, 0.2) is 15.7 Å². The van der Waals surface area contributed by atoms with Crippen LogP contribution in [0.25, 0.3) is 0 Å². The molecule has 2 heterocycles. The van der Waals surface area contributed by atoms with Gasteiger partial charge in [-0.15, -0.1) is 11.3 Å². The van der Waals surface area contributed by atoms with Crippen molar-refractivity contribution < 1.29 is 19.1 Å². The molecule has 0 radical (unpaired) electrons. The number of nitrogens with one attached hydrogen (secondary N) is 1. The van der Waals surface area contributed by atoms with E-state index in [0.29, 0.717) is 11.3 Å². The zero-order valence-corrected chi connectivity index (χ0v) is 19.8. The summed E-state index contributed by atoms with van der Waals surface area (Å²) < 4.78 is 11.5. The fourth-order valence-corrected chi connectivity index (χ4v) is 5.02. The second kappa shape index (κ2) is 11.3. The van der Waals surface area contributed by atoms with Crippen LogP contribution >= 0.6 is 11.3 Å². The molecule has 2 aromatic heterocycles. The lowest BCUT2D eigenvalue weighted by atomic mass is 10.1. The number of nitrogen functional groups attached to an aromatic ring is 1. The Morgan fingerprint density at radius 1 is 1.24 bits per heavy atom. The molecule has 180 valence electrons. The Morgan fingerprint density at radius 3 is 2.73 bits per heavy atom. The number of aromatic nitrogens is 2. The van der Waals surface area contributed by atoms with Gasteiger partial charge in [-0.3, -0.25) is 24.0 Å². The van der Waals surface area contributed by atoms with Gasteiger partial charge < -0.3 is 15.2 Å². The number of methoxy groups -OCH3 is 1. The van der Waals surface area contributed by atoms with Crippen molar-refractivity contribution in [1.29, 1.82) is 0 Å². The molecule has 0 aliphatic heterocycles. The Hall–Kier alpha value is -2.92. The molecule has 33 heavy (non-hydrogen) atoms. The van der Waals surface area contributed by atoms with Crippen LogP contribution in [0.5, 0.6) is 0 Å². The topological polar surface area (TPSA) is 137 Å². The van der Waals surface area contributed by atoms with E-state index in [1.165, 1.54) is 39.9 Å². The van der Waals surface area contributed by atoms with Gasteiger partial charge in [0.05, 0.1) is 6.61 Å². The maximum Gasteiger partial charge on any atom is 0.348 e. The monoisotopic (exact) mass is 478 g/mol. The molecule has 0 unspecified atom stereocenters. The number of nitrogens with two attached hydrogens (primary N) is 1. The lowest BCUT2D eigenvalue weighted by molar-refractivity contribution is -0.121. The first-order chi connectivity index (χ1) is 15.9. The first-order valence-electron chi connectivity index (χ1n) is 11.1. The first kappa shape index (κ1) is 24.7. The van der Waals surface area contributed by atoms with Gasteiger partial charge in [-0.1, -0.05) is 13.3 Å². The van der Waals surface area contributed by atoms with Gasteiger partial charge in [-0.2, -0.15) is 0 Å². The average Bonchev–Trinajstić information content (AvgIpc) is 3.07. The summed E-state index contributed by atoms with van der Waals surface area (Å²) in [6.07, 6.45) is 5.88. The van der Waals surface area contributed by atoms with Crippen LogP contribution in [0.2, 0.25) is 0 Å². The first-order valence-corrected chi connectivity index (χ1v) is 11.9. The third-order valence-corrected chi connectivity index (χ3v) is 6.74. The Morgan fingerprint density at radius 2 is 2.00 bits per heavy atom. The van der Waals surface area contributed by atoms with E-state index in [1.54, 1.807) is 0 Å². The molecule has 11 heteroatoms. The third-order valence-electron chi connectivity index (χ3n) is 5.53. The smallest absolute Gasteiger partial charge is 0.348 e. The van der Waals surface area contributed by atoms with Gasteiger partial charge >= 0.3 is 11.7 Å². The molecule has 0 atom stereocenters. The summed E-state index contributed by atoms with van der Waals surface area (Å²) in [5.41, 5.74) is 5.68. The number of esters is 1. The Labute approximate surface area is 195 Å². The highest BCUT2D eigenvalue weighted by molar-refractivity contribution is 7.14. The SMILES string of the molecule is CCCn1c(N)c(N(CCOC)C(=O)COC(=O)c2cc3c(s2)CCCCC3)c(=O)[nH]c1=O. The van der Waals surface area contributed by atoms with Crippen LogP contribution in [0.3, 0.4) is 0 Å². The number of aromatic amines is 1. The number of anilines is 2. The van der Waals surface area contributed by atoms with Gasteiger partial charge in [0.1, 0.15) is 10.7 Å². The van der Waals surface area contributed by atoms with E-state index in [4.69, 9.17) is 15.2 Å². The summed E-state index contributed by atoms with van der Waals surface area (Å²) in [7, 11) is 1.45. The maximum absolute atomic E-state index is 13.0. The summed E-state index contributed by atoms with van der Waals surface area (Å²) in [6.45, 7) is 1.67. The van der Waals surface area contributed by atoms with E-state index in [9.17, 15) is 19.2 Å². The molecule has 0 bridgehead atoms. The van der Waals surface area contributed by atoms with E-state index < -0.39 is 29.7 Å². The maximum atomic E-state index is 13.0. The van der Waals surface area contributed by atoms with Crippen molar-refractivity contribution in [1.82, 2.24) is 9.55 Å². The highest BCUT2D eigenvalue weighted by Gasteiger charge is 2.26. The Bertz CT molecular complexity index is 1100.